The van der Waals surface area contributed by atoms with Crippen LogP contribution in [-0.4, -0.2) is 0 Å². The average Bonchev–Trinajstić information content (AvgIpc) is 2.37. The molecule has 0 nitrogen and oxygen atoms in total. The Kier molecular flexibility index (Phi) is 8.97. The quantitative estimate of drug-likeness (QED) is 0.472. The van der Waals surface area contributed by atoms with Crippen molar-refractivity contribution in [3.63, 3.8) is 0 Å². The molecule has 0 bridgehead atoms. The number of hydrogen-bond acceptors (Lipinski definition) is 0. The zero-order chi connectivity index (χ0) is 15.0. The monoisotopic (exact) mass is 314 g/mol. The van der Waals surface area contributed by atoms with Gasteiger partial charge in [0.1, 0.15) is 0 Å². The van der Waals surface area contributed by atoms with Crippen molar-refractivity contribution in [2.45, 2.75) is 54.4 Å². The second kappa shape index (κ2) is 8.70. The largest absolute Gasteiger partial charge is 1.00 e. The molecule has 0 unspecified atom stereocenters. The van der Waals surface area contributed by atoms with Crippen LogP contribution in [0.5, 0.6) is 0 Å². The van der Waals surface area contributed by atoms with Crippen molar-refractivity contribution >= 4 is 0 Å². The molecule has 0 heterocycles. The molecule has 22 heavy (non-hydrogen) atoms. The third-order valence-corrected chi connectivity index (χ3v) is 4.16. The van der Waals surface area contributed by atoms with Crippen LogP contribution in [0.4, 0.5) is 0 Å². The van der Waals surface area contributed by atoms with Crippen LogP contribution in [0.3, 0.4) is 0 Å². The first-order valence-electron chi connectivity index (χ1n) is 7.67. The first kappa shape index (κ1) is 22.7. The zero-order valence-corrected chi connectivity index (χ0v) is 19.9. The number of rotatable bonds is 1. The fourth-order valence-corrected chi connectivity index (χ4v) is 2.68. The summed E-state index contributed by atoms with van der Waals surface area (Å²) in [6, 6.07) is 0. The van der Waals surface area contributed by atoms with E-state index in [0.717, 1.165) is 12.8 Å². The minimum absolute atomic E-state index is 0. The van der Waals surface area contributed by atoms with E-state index in [2.05, 4.69) is 78.0 Å². The Balaban J connectivity index is 0.00000220. The molecule has 0 N–H and O–H groups in total. The van der Waals surface area contributed by atoms with Crippen molar-refractivity contribution in [3.8, 4) is 0 Å². The van der Waals surface area contributed by atoms with Gasteiger partial charge in [-0.2, -0.15) is 0 Å². The van der Waals surface area contributed by atoms with Crippen LogP contribution in [0.15, 0.2) is 47.6 Å². The van der Waals surface area contributed by atoms with E-state index < -0.39 is 0 Å². The van der Waals surface area contributed by atoms with Gasteiger partial charge in [0.2, 0.25) is 0 Å². The van der Waals surface area contributed by atoms with Gasteiger partial charge in [0.25, 0.3) is 0 Å². The molecule has 110 valence electrons. The first-order chi connectivity index (χ1) is 9.18. The number of allylic oxidation sites excluding steroid dienone is 8. The van der Waals surface area contributed by atoms with E-state index in [4.69, 9.17) is 0 Å². The van der Waals surface area contributed by atoms with Crippen molar-refractivity contribution in [3.05, 3.63) is 59.4 Å². The average molecular weight is 314 g/mol. The fourth-order valence-electron chi connectivity index (χ4n) is 2.68. The summed E-state index contributed by atoms with van der Waals surface area (Å²) in [5.74, 6) is 2.94. The maximum absolute atomic E-state index is 2.39. The van der Waals surface area contributed by atoms with Crippen LogP contribution in [0.1, 0.15) is 54.4 Å². The van der Waals surface area contributed by atoms with E-state index in [1.165, 1.54) is 23.0 Å². The normalized spacial score (nSPS) is 18.3. The molecule has 0 atom stereocenters. The second-order valence-electron chi connectivity index (χ2n) is 7.94. The molecule has 0 fully saturated rings. The van der Waals surface area contributed by atoms with E-state index in [0.29, 0.717) is 0 Å². The molecule has 0 spiro atoms. The standard InChI is InChI=1S/C20H28.2Na/c1-19(2,3)17-11-7-15(8-12-17)16-9-13-18(14-10-16)20(4,5)6;;/h7,9,11-14H,8,10H2,1-6H3;;/q-2;2*+1. The fraction of sp³-hybridized carbons (Fsp3) is 0.500. The molecule has 0 aromatic rings. The van der Waals surface area contributed by atoms with Crippen LogP contribution < -0.4 is 59.1 Å². The van der Waals surface area contributed by atoms with Gasteiger partial charge in [0.15, 0.2) is 0 Å². The van der Waals surface area contributed by atoms with E-state index in [9.17, 15) is 0 Å². The summed E-state index contributed by atoms with van der Waals surface area (Å²) in [6.07, 6.45) is 16.1. The molecule has 2 rings (SSSR count). The summed E-state index contributed by atoms with van der Waals surface area (Å²) < 4.78 is 0. The molecule has 0 saturated heterocycles. The molecule has 0 aromatic heterocycles. The Labute approximate surface area is 182 Å². The Morgan fingerprint density at radius 1 is 0.682 bits per heavy atom. The minimum atomic E-state index is 0. The van der Waals surface area contributed by atoms with E-state index >= 15 is 0 Å². The Bertz CT molecular complexity index is 433. The molecule has 2 aliphatic carbocycles. The van der Waals surface area contributed by atoms with Gasteiger partial charge < -0.3 is 0 Å². The topological polar surface area (TPSA) is 0 Å². The summed E-state index contributed by atoms with van der Waals surface area (Å²) in [7, 11) is 0. The first-order valence-corrected chi connectivity index (χ1v) is 7.67. The predicted octanol–water partition coefficient (Wildman–Crippen LogP) is 0.00818. The molecular formula is C20H28Na2. The molecule has 0 amide bonds. The zero-order valence-electron chi connectivity index (χ0n) is 15.9. The SMILES string of the molecule is CC(C)(C)C1=CC[C-]([C-]2C=CC(C(C)(C)C)=CC2)C=C1.[Na+].[Na+]. The van der Waals surface area contributed by atoms with Gasteiger partial charge in [-0.15, -0.1) is 23.3 Å². The van der Waals surface area contributed by atoms with Gasteiger partial charge in [-0.3, -0.25) is 11.8 Å². The van der Waals surface area contributed by atoms with Crippen LogP contribution >= 0.6 is 0 Å². The van der Waals surface area contributed by atoms with Gasteiger partial charge >= 0.3 is 59.1 Å². The smallest absolute Gasteiger partial charge is 0.271 e. The van der Waals surface area contributed by atoms with Crippen molar-refractivity contribution in [1.82, 2.24) is 0 Å². The van der Waals surface area contributed by atoms with E-state index in [-0.39, 0.29) is 69.9 Å². The molecule has 0 saturated carbocycles. The van der Waals surface area contributed by atoms with Crippen molar-refractivity contribution in [2.75, 3.05) is 0 Å². The van der Waals surface area contributed by atoms with Crippen LogP contribution in [0.2, 0.25) is 0 Å². The maximum Gasteiger partial charge on any atom is 1.00 e. The van der Waals surface area contributed by atoms with Gasteiger partial charge in [-0.25, -0.2) is 24.3 Å². The van der Waals surface area contributed by atoms with Crippen molar-refractivity contribution in [1.29, 1.82) is 0 Å². The van der Waals surface area contributed by atoms with Crippen LogP contribution in [0.25, 0.3) is 0 Å². The molecule has 2 heteroatoms. The maximum atomic E-state index is 2.39. The van der Waals surface area contributed by atoms with Crippen LogP contribution in [-0.2, 0) is 0 Å². The van der Waals surface area contributed by atoms with E-state index in [1.807, 2.05) is 0 Å². The molecule has 0 aromatic carbocycles. The van der Waals surface area contributed by atoms with Gasteiger partial charge in [-0.1, -0.05) is 54.4 Å². The Morgan fingerprint density at radius 3 is 1.18 bits per heavy atom. The van der Waals surface area contributed by atoms with Crippen molar-refractivity contribution < 1.29 is 59.1 Å². The van der Waals surface area contributed by atoms with Gasteiger partial charge in [-0.05, 0) is 10.8 Å². The molecule has 2 aliphatic rings. The molecule has 0 radical (unpaired) electrons. The van der Waals surface area contributed by atoms with E-state index in [1.54, 1.807) is 0 Å². The number of hydrogen-bond donors (Lipinski definition) is 0. The second-order valence-corrected chi connectivity index (χ2v) is 7.94. The predicted molar refractivity (Wildman–Crippen MR) is 89.1 cm³/mol. The van der Waals surface area contributed by atoms with Gasteiger partial charge in [0, 0.05) is 0 Å². The minimum Gasteiger partial charge on any atom is -0.271 e. The van der Waals surface area contributed by atoms with Crippen molar-refractivity contribution in [2.24, 2.45) is 10.8 Å². The summed E-state index contributed by atoms with van der Waals surface area (Å²) in [6.45, 7) is 13.7. The third kappa shape index (κ3) is 5.96. The Morgan fingerprint density at radius 2 is 1.00 bits per heavy atom. The summed E-state index contributed by atoms with van der Waals surface area (Å²) >= 11 is 0. The summed E-state index contributed by atoms with van der Waals surface area (Å²) in [4.78, 5) is 0. The Hall–Kier alpha value is 0.700. The molecular weight excluding hydrogens is 286 g/mol. The van der Waals surface area contributed by atoms with Gasteiger partial charge in [0.05, 0.1) is 0 Å². The third-order valence-electron chi connectivity index (χ3n) is 4.16. The van der Waals surface area contributed by atoms with Crippen LogP contribution in [0, 0.1) is 22.7 Å². The molecule has 0 aliphatic heterocycles. The summed E-state index contributed by atoms with van der Waals surface area (Å²) in [5, 5.41) is 0. The summed E-state index contributed by atoms with van der Waals surface area (Å²) in [5.41, 5.74) is 3.42.